The molecular formula is C17H16F3N3O3. The fraction of sp³-hybridized carbons (Fsp3) is 0.353. The van der Waals surface area contributed by atoms with E-state index >= 15 is 0 Å². The van der Waals surface area contributed by atoms with Crippen LogP contribution in [0.4, 0.5) is 18.9 Å². The summed E-state index contributed by atoms with van der Waals surface area (Å²) >= 11 is 0. The first-order valence-electron chi connectivity index (χ1n) is 8.02. The summed E-state index contributed by atoms with van der Waals surface area (Å²) in [6, 6.07) is 5.65. The van der Waals surface area contributed by atoms with Gasteiger partial charge in [0.2, 0.25) is 5.91 Å². The Hall–Kier alpha value is -2.84. The maximum absolute atomic E-state index is 12.5. The number of halogens is 3. The van der Waals surface area contributed by atoms with Gasteiger partial charge in [0.25, 0.3) is 5.56 Å². The standard InChI is InChI=1S/C17H16F3N3O3/c1-10(23-15(24)9-11-5-4-7-12(11)22-23)16(25)21-13-6-2-3-8-14(13)26-17(18,19)20/h2-3,6,8-10H,4-5,7H2,1H3,(H,21,25). The van der Waals surface area contributed by atoms with Crippen molar-refractivity contribution in [2.75, 3.05) is 5.32 Å². The van der Waals surface area contributed by atoms with Crippen LogP contribution < -0.4 is 15.6 Å². The summed E-state index contributed by atoms with van der Waals surface area (Å²) in [4.78, 5) is 24.6. The number of nitrogens with one attached hydrogen (secondary N) is 1. The monoisotopic (exact) mass is 367 g/mol. The summed E-state index contributed by atoms with van der Waals surface area (Å²) in [6.45, 7) is 1.46. The van der Waals surface area contributed by atoms with Crippen molar-refractivity contribution in [2.24, 2.45) is 0 Å². The molecule has 9 heteroatoms. The lowest BCUT2D eigenvalue weighted by Crippen LogP contribution is -2.34. The van der Waals surface area contributed by atoms with Crippen LogP contribution in [0.3, 0.4) is 0 Å². The van der Waals surface area contributed by atoms with Gasteiger partial charge in [-0.05, 0) is 43.9 Å². The number of hydrogen-bond donors (Lipinski definition) is 1. The molecule has 0 fully saturated rings. The topological polar surface area (TPSA) is 73.2 Å². The third-order valence-electron chi connectivity index (χ3n) is 4.10. The number of aromatic nitrogens is 2. The number of hydrogen-bond acceptors (Lipinski definition) is 4. The van der Waals surface area contributed by atoms with Crippen molar-refractivity contribution >= 4 is 11.6 Å². The zero-order valence-corrected chi connectivity index (χ0v) is 13.8. The summed E-state index contributed by atoms with van der Waals surface area (Å²) in [6.07, 6.45) is -2.48. The zero-order valence-electron chi connectivity index (χ0n) is 13.8. The Balaban J connectivity index is 1.82. The van der Waals surface area contributed by atoms with Gasteiger partial charge in [-0.1, -0.05) is 12.1 Å². The Labute approximate surface area is 146 Å². The van der Waals surface area contributed by atoms with Crippen LogP contribution in [0.2, 0.25) is 0 Å². The molecule has 138 valence electrons. The molecule has 0 saturated carbocycles. The van der Waals surface area contributed by atoms with Crippen LogP contribution in [0.25, 0.3) is 0 Å². The van der Waals surface area contributed by atoms with Crippen LogP contribution in [0.1, 0.15) is 30.6 Å². The SMILES string of the molecule is CC(C(=O)Nc1ccccc1OC(F)(F)F)n1nc2c(cc1=O)CCC2. The van der Waals surface area contributed by atoms with Gasteiger partial charge in [-0.2, -0.15) is 5.10 Å². The molecule has 1 aliphatic rings. The Kier molecular flexibility index (Phi) is 4.71. The lowest BCUT2D eigenvalue weighted by molar-refractivity contribution is -0.274. The smallest absolute Gasteiger partial charge is 0.404 e. The number of para-hydroxylation sites is 2. The molecule has 2 aromatic rings. The van der Waals surface area contributed by atoms with Gasteiger partial charge in [-0.15, -0.1) is 13.2 Å². The third-order valence-corrected chi connectivity index (χ3v) is 4.10. The molecule has 0 spiro atoms. The van der Waals surface area contributed by atoms with E-state index < -0.39 is 29.6 Å². The number of alkyl halides is 3. The lowest BCUT2D eigenvalue weighted by Gasteiger charge is -2.17. The summed E-state index contributed by atoms with van der Waals surface area (Å²) in [5.74, 6) is -1.20. The second-order valence-corrected chi connectivity index (χ2v) is 5.96. The second-order valence-electron chi connectivity index (χ2n) is 5.96. The molecule has 1 aromatic heterocycles. The fourth-order valence-corrected chi connectivity index (χ4v) is 2.82. The number of ether oxygens (including phenoxy) is 1. The van der Waals surface area contributed by atoms with Crippen molar-refractivity contribution in [1.29, 1.82) is 0 Å². The van der Waals surface area contributed by atoms with Crippen LogP contribution in [0.15, 0.2) is 35.1 Å². The van der Waals surface area contributed by atoms with Crippen molar-refractivity contribution < 1.29 is 22.7 Å². The minimum atomic E-state index is -4.88. The number of amides is 1. The predicted octanol–water partition coefficient (Wildman–Crippen LogP) is 2.83. The molecule has 1 aromatic carbocycles. The predicted molar refractivity (Wildman–Crippen MR) is 87.0 cm³/mol. The molecule has 0 aliphatic heterocycles. The molecule has 26 heavy (non-hydrogen) atoms. The van der Waals surface area contributed by atoms with Gasteiger partial charge in [-0.3, -0.25) is 9.59 Å². The highest BCUT2D eigenvalue weighted by molar-refractivity contribution is 5.94. The van der Waals surface area contributed by atoms with Gasteiger partial charge < -0.3 is 10.1 Å². The number of fused-ring (bicyclic) bond motifs is 1. The van der Waals surface area contributed by atoms with Crippen molar-refractivity contribution in [3.05, 3.63) is 51.9 Å². The van der Waals surface area contributed by atoms with Crippen LogP contribution in [0, 0.1) is 0 Å². The number of nitrogens with zero attached hydrogens (tertiary/aromatic N) is 2. The normalized spacial score (nSPS) is 14.6. The first kappa shape index (κ1) is 18.0. The van der Waals surface area contributed by atoms with Gasteiger partial charge in [0, 0.05) is 6.07 Å². The molecule has 1 atom stereocenters. The van der Waals surface area contributed by atoms with E-state index in [0.29, 0.717) is 0 Å². The number of benzene rings is 1. The maximum Gasteiger partial charge on any atom is 0.573 e. The van der Waals surface area contributed by atoms with Crippen molar-refractivity contribution in [3.63, 3.8) is 0 Å². The molecule has 1 amide bonds. The van der Waals surface area contributed by atoms with E-state index in [1.807, 2.05) is 0 Å². The number of anilines is 1. The first-order chi connectivity index (χ1) is 12.2. The molecule has 1 unspecified atom stereocenters. The first-order valence-corrected chi connectivity index (χ1v) is 8.02. The van der Waals surface area contributed by atoms with Crippen LogP contribution in [-0.4, -0.2) is 22.1 Å². The molecule has 3 rings (SSSR count). The van der Waals surface area contributed by atoms with Gasteiger partial charge in [0.05, 0.1) is 11.4 Å². The van der Waals surface area contributed by atoms with E-state index in [1.165, 1.54) is 31.2 Å². The van der Waals surface area contributed by atoms with Crippen molar-refractivity contribution in [2.45, 2.75) is 38.6 Å². The largest absolute Gasteiger partial charge is 0.573 e. The van der Waals surface area contributed by atoms with E-state index in [1.54, 1.807) is 0 Å². The van der Waals surface area contributed by atoms with Crippen LogP contribution in [-0.2, 0) is 17.6 Å². The lowest BCUT2D eigenvalue weighted by atomic mass is 10.2. The minimum Gasteiger partial charge on any atom is -0.404 e. The molecule has 1 N–H and O–H groups in total. The number of carbonyl (C=O) groups is 1. The van der Waals surface area contributed by atoms with Gasteiger partial charge >= 0.3 is 6.36 Å². The van der Waals surface area contributed by atoms with E-state index in [-0.39, 0.29) is 5.69 Å². The highest BCUT2D eigenvalue weighted by atomic mass is 19.4. The van der Waals surface area contributed by atoms with Crippen LogP contribution >= 0.6 is 0 Å². The Bertz CT molecular complexity index is 893. The second kappa shape index (κ2) is 6.81. The van der Waals surface area contributed by atoms with E-state index in [0.717, 1.165) is 41.3 Å². The molecule has 0 saturated heterocycles. The zero-order chi connectivity index (χ0) is 18.9. The van der Waals surface area contributed by atoms with Crippen molar-refractivity contribution in [3.8, 4) is 5.75 Å². The summed E-state index contributed by atoms with van der Waals surface area (Å²) in [5.41, 5.74) is 1.08. The molecular weight excluding hydrogens is 351 g/mol. The number of carbonyl (C=O) groups excluding carboxylic acids is 1. The fourth-order valence-electron chi connectivity index (χ4n) is 2.82. The summed E-state index contributed by atoms with van der Waals surface area (Å²) < 4.78 is 42.4. The molecule has 0 radical (unpaired) electrons. The van der Waals surface area contributed by atoms with Crippen molar-refractivity contribution in [1.82, 2.24) is 9.78 Å². The number of aryl methyl sites for hydroxylation is 2. The minimum absolute atomic E-state index is 0.143. The average molecular weight is 367 g/mol. The quantitative estimate of drug-likeness (QED) is 0.902. The van der Waals surface area contributed by atoms with Crippen LogP contribution in [0.5, 0.6) is 5.75 Å². The number of rotatable bonds is 4. The van der Waals surface area contributed by atoms with Gasteiger partial charge in [0.15, 0.2) is 5.75 Å². The van der Waals surface area contributed by atoms with Gasteiger partial charge in [-0.25, -0.2) is 4.68 Å². The van der Waals surface area contributed by atoms with E-state index in [4.69, 9.17) is 0 Å². The van der Waals surface area contributed by atoms with Gasteiger partial charge in [0.1, 0.15) is 6.04 Å². The molecule has 6 nitrogen and oxygen atoms in total. The highest BCUT2D eigenvalue weighted by Crippen LogP contribution is 2.30. The Morgan fingerprint density at radius 1 is 1.31 bits per heavy atom. The average Bonchev–Trinajstić information content (AvgIpc) is 3.01. The highest BCUT2D eigenvalue weighted by Gasteiger charge is 2.32. The third kappa shape index (κ3) is 3.87. The Morgan fingerprint density at radius 2 is 2.04 bits per heavy atom. The van der Waals surface area contributed by atoms with E-state index in [9.17, 15) is 22.8 Å². The molecule has 1 heterocycles. The summed E-state index contributed by atoms with van der Waals surface area (Å²) in [5, 5.41) is 6.59. The summed E-state index contributed by atoms with van der Waals surface area (Å²) in [7, 11) is 0. The molecule has 1 aliphatic carbocycles. The molecule has 0 bridgehead atoms. The Morgan fingerprint density at radius 3 is 2.77 bits per heavy atom. The maximum atomic E-state index is 12.5. The van der Waals surface area contributed by atoms with E-state index in [2.05, 4.69) is 15.2 Å².